The molecule has 0 unspecified atom stereocenters. The lowest BCUT2D eigenvalue weighted by Gasteiger charge is -2.25. The molecule has 0 bridgehead atoms. The Balaban J connectivity index is 1.84. The van der Waals surface area contributed by atoms with Gasteiger partial charge in [0.15, 0.2) is 23.0 Å². The lowest BCUT2D eigenvalue weighted by atomic mass is 10.0. The van der Waals surface area contributed by atoms with Crippen molar-refractivity contribution in [3.05, 3.63) is 40.8 Å². The van der Waals surface area contributed by atoms with Crippen molar-refractivity contribution >= 4 is 32.6 Å². The highest BCUT2D eigenvalue weighted by Gasteiger charge is 2.21. The molecule has 1 aliphatic heterocycles. The normalized spacial score (nSPS) is 12.7. The predicted molar refractivity (Wildman–Crippen MR) is 136 cm³/mol. The Hall–Kier alpha value is -3.96. The molecule has 0 saturated carbocycles. The van der Waals surface area contributed by atoms with Gasteiger partial charge in [-0.1, -0.05) is 5.92 Å². The van der Waals surface area contributed by atoms with Crippen molar-refractivity contribution in [2.45, 2.75) is 26.4 Å². The van der Waals surface area contributed by atoms with Crippen molar-refractivity contribution in [2.24, 2.45) is 0 Å². The van der Waals surface area contributed by atoms with E-state index in [2.05, 4.69) is 24.7 Å². The van der Waals surface area contributed by atoms with Gasteiger partial charge in [0.2, 0.25) is 6.79 Å². The van der Waals surface area contributed by atoms with Crippen LogP contribution in [-0.2, 0) is 6.54 Å². The number of terminal acetylenes is 1. The van der Waals surface area contributed by atoms with Gasteiger partial charge in [-0.2, -0.15) is 0 Å². The van der Waals surface area contributed by atoms with E-state index in [0.717, 1.165) is 27.2 Å². The number of ether oxygens (including phenoxy) is 4. The summed E-state index contributed by atoms with van der Waals surface area (Å²) in [5, 5.41) is 2.92. The van der Waals surface area contributed by atoms with Crippen LogP contribution in [0.25, 0.3) is 32.6 Å². The van der Waals surface area contributed by atoms with Crippen molar-refractivity contribution < 1.29 is 18.9 Å². The Labute approximate surface area is 203 Å². The molecular weight excluding hydrogens is 446 g/mol. The highest BCUT2D eigenvalue weighted by molar-refractivity contribution is 6.15. The van der Waals surface area contributed by atoms with Crippen LogP contribution in [0.1, 0.15) is 13.8 Å². The minimum Gasteiger partial charge on any atom is -0.493 e. The van der Waals surface area contributed by atoms with E-state index in [-0.39, 0.29) is 18.4 Å². The molecule has 2 aromatic carbocycles. The van der Waals surface area contributed by atoms with Crippen LogP contribution in [0.3, 0.4) is 0 Å². The molecule has 0 aliphatic carbocycles. The number of hydrogen-bond donors (Lipinski definition) is 0. The zero-order valence-electron chi connectivity index (χ0n) is 20.3. The fourth-order valence-electron chi connectivity index (χ4n) is 4.66. The first-order chi connectivity index (χ1) is 17.0. The topological polar surface area (TPSA) is 75.1 Å². The molecule has 0 saturated heterocycles. The van der Waals surface area contributed by atoms with Gasteiger partial charge in [0.05, 0.1) is 37.2 Å². The first kappa shape index (κ1) is 22.8. The van der Waals surface area contributed by atoms with Crippen LogP contribution in [0.4, 0.5) is 0 Å². The summed E-state index contributed by atoms with van der Waals surface area (Å²) in [6, 6.07) is 7.56. The van der Waals surface area contributed by atoms with Crippen LogP contribution >= 0.6 is 0 Å². The number of aromatic nitrogens is 2. The van der Waals surface area contributed by atoms with Crippen LogP contribution in [0.5, 0.6) is 23.0 Å². The number of hydrogen-bond acceptors (Lipinski definition) is 7. The smallest absolute Gasteiger partial charge is 0.259 e. The summed E-state index contributed by atoms with van der Waals surface area (Å²) < 4.78 is 24.0. The van der Waals surface area contributed by atoms with Crippen LogP contribution in [-0.4, -0.2) is 54.6 Å². The van der Waals surface area contributed by atoms with Crippen molar-refractivity contribution in [2.75, 3.05) is 34.1 Å². The summed E-state index contributed by atoms with van der Waals surface area (Å²) in [5.74, 6) is 5.04. The average Bonchev–Trinajstić information content (AvgIpc) is 3.32. The second-order valence-electron chi connectivity index (χ2n) is 8.72. The van der Waals surface area contributed by atoms with E-state index >= 15 is 0 Å². The van der Waals surface area contributed by atoms with E-state index < -0.39 is 0 Å². The Morgan fingerprint density at radius 1 is 1.06 bits per heavy atom. The molecule has 0 fully saturated rings. The second-order valence-corrected chi connectivity index (χ2v) is 8.72. The van der Waals surface area contributed by atoms with Gasteiger partial charge in [0.1, 0.15) is 0 Å². The van der Waals surface area contributed by atoms with E-state index in [0.29, 0.717) is 48.0 Å². The SMILES string of the molecule is C#CCN(CCn1c(=O)c2cc(OC)c(OC)cc2c2cnc3cc4c(cc3c21)OCO4)C(C)C. The van der Waals surface area contributed by atoms with E-state index in [1.807, 2.05) is 22.8 Å². The molecule has 0 spiro atoms. The summed E-state index contributed by atoms with van der Waals surface area (Å²) in [4.78, 5) is 20.8. The molecule has 0 atom stereocenters. The first-order valence-electron chi connectivity index (χ1n) is 11.4. The highest BCUT2D eigenvalue weighted by atomic mass is 16.7. The van der Waals surface area contributed by atoms with Gasteiger partial charge in [0, 0.05) is 47.6 Å². The van der Waals surface area contributed by atoms with Gasteiger partial charge in [-0.05, 0) is 32.0 Å². The van der Waals surface area contributed by atoms with Gasteiger partial charge in [0.25, 0.3) is 5.56 Å². The molecule has 0 N–H and O–H groups in total. The molecule has 35 heavy (non-hydrogen) atoms. The molecule has 3 heterocycles. The van der Waals surface area contributed by atoms with Crippen molar-refractivity contribution in [3.8, 4) is 35.3 Å². The Bertz CT molecular complexity index is 1550. The van der Waals surface area contributed by atoms with Crippen molar-refractivity contribution in [1.82, 2.24) is 14.5 Å². The molecule has 4 aromatic rings. The molecule has 0 amide bonds. The first-order valence-corrected chi connectivity index (χ1v) is 11.4. The monoisotopic (exact) mass is 473 g/mol. The average molecular weight is 474 g/mol. The van der Waals surface area contributed by atoms with Crippen molar-refractivity contribution in [1.29, 1.82) is 0 Å². The minimum atomic E-state index is -0.122. The Morgan fingerprint density at radius 2 is 1.74 bits per heavy atom. The fourth-order valence-corrected chi connectivity index (χ4v) is 4.66. The minimum absolute atomic E-state index is 0.122. The number of rotatable bonds is 7. The zero-order chi connectivity index (χ0) is 24.7. The lowest BCUT2D eigenvalue weighted by Crippen LogP contribution is -2.36. The summed E-state index contributed by atoms with van der Waals surface area (Å²) in [7, 11) is 3.13. The molecule has 1 aliphatic rings. The molecule has 2 aromatic heterocycles. The van der Waals surface area contributed by atoms with Crippen LogP contribution < -0.4 is 24.5 Å². The number of nitrogens with zero attached hydrogens (tertiary/aromatic N) is 3. The van der Waals surface area contributed by atoms with E-state index in [1.165, 1.54) is 0 Å². The second kappa shape index (κ2) is 9.01. The number of fused-ring (bicyclic) bond motifs is 6. The predicted octanol–water partition coefficient (Wildman–Crippen LogP) is 3.79. The highest BCUT2D eigenvalue weighted by Crippen LogP contribution is 2.40. The van der Waals surface area contributed by atoms with Crippen LogP contribution in [0, 0.1) is 12.3 Å². The number of pyridine rings is 2. The van der Waals surface area contributed by atoms with Gasteiger partial charge < -0.3 is 23.5 Å². The molecular formula is C27H27N3O5. The number of benzene rings is 2. The fraction of sp³-hybridized carbons (Fsp3) is 0.333. The third-order valence-electron chi connectivity index (χ3n) is 6.53. The largest absolute Gasteiger partial charge is 0.493 e. The quantitative estimate of drug-likeness (QED) is 0.299. The van der Waals surface area contributed by atoms with Crippen LogP contribution in [0.15, 0.2) is 35.3 Å². The van der Waals surface area contributed by atoms with Gasteiger partial charge >= 0.3 is 0 Å². The Kier molecular flexibility index (Phi) is 5.87. The van der Waals surface area contributed by atoms with E-state index in [9.17, 15) is 4.79 Å². The van der Waals surface area contributed by atoms with Gasteiger partial charge in [-0.25, -0.2) is 0 Å². The standard InChI is InChI=1S/C27H27N3O5/c1-6-7-29(16(2)3)8-9-30-26-19-12-24-25(35-15-34-24)13-21(19)28-14-20(26)17-10-22(32-4)23(33-5)11-18(17)27(30)31/h1,10-14,16H,7-9,15H2,2-5H3. The maximum absolute atomic E-state index is 14.0. The zero-order valence-corrected chi connectivity index (χ0v) is 20.3. The van der Waals surface area contributed by atoms with Crippen LogP contribution in [0.2, 0.25) is 0 Å². The van der Waals surface area contributed by atoms with E-state index in [1.54, 1.807) is 26.5 Å². The Morgan fingerprint density at radius 3 is 2.40 bits per heavy atom. The summed E-state index contributed by atoms with van der Waals surface area (Å²) in [6.07, 6.45) is 7.39. The molecule has 180 valence electrons. The van der Waals surface area contributed by atoms with E-state index in [4.69, 9.17) is 30.4 Å². The molecule has 8 nitrogen and oxygen atoms in total. The molecule has 8 heteroatoms. The molecule has 0 radical (unpaired) electrons. The van der Waals surface area contributed by atoms with Gasteiger partial charge in [-0.15, -0.1) is 6.42 Å². The van der Waals surface area contributed by atoms with Gasteiger partial charge in [-0.3, -0.25) is 14.7 Å². The third-order valence-corrected chi connectivity index (χ3v) is 6.53. The lowest BCUT2D eigenvalue weighted by molar-refractivity contribution is 0.174. The van der Waals surface area contributed by atoms with Crippen molar-refractivity contribution in [3.63, 3.8) is 0 Å². The summed E-state index contributed by atoms with van der Waals surface area (Å²) in [6.45, 7) is 5.91. The maximum atomic E-state index is 14.0. The summed E-state index contributed by atoms with van der Waals surface area (Å²) in [5.41, 5.74) is 1.38. The summed E-state index contributed by atoms with van der Waals surface area (Å²) >= 11 is 0. The third kappa shape index (κ3) is 3.78. The maximum Gasteiger partial charge on any atom is 0.259 e. The number of methoxy groups -OCH3 is 2. The molecule has 5 rings (SSSR count).